The van der Waals surface area contributed by atoms with Gasteiger partial charge in [-0.2, -0.15) is 15.0 Å². The van der Waals surface area contributed by atoms with Gasteiger partial charge in [0.25, 0.3) is 5.91 Å². The Morgan fingerprint density at radius 3 is 2.65 bits per heavy atom. The second-order valence-electron chi connectivity index (χ2n) is 4.94. The van der Waals surface area contributed by atoms with E-state index in [2.05, 4.69) is 15.4 Å². The number of carbonyl (C=O) groups excluding carboxylic acids is 1. The summed E-state index contributed by atoms with van der Waals surface area (Å²) in [5, 5.41) is 16.1. The van der Waals surface area contributed by atoms with E-state index in [4.69, 9.17) is 0 Å². The molecule has 0 radical (unpaired) electrons. The molecule has 0 unspecified atom stereocenters. The molecule has 0 spiro atoms. The van der Waals surface area contributed by atoms with Crippen LogP contribution in [0.3, 0.4) is 0 Å². The minimum Gasteiger partial charge on any atom is -0.305 e. The highest BCUT2D eigenvalue weighted by Crippen LogP contribution is 2.19. The summed E-state index contributed by atoms with van der Waals surface area (Å²) in [7, 11) is 0. The maximum absolute atomic E-state index is 12.4. The first-order chi connectivity index (χ1) is 11.2. The molecule has 0 fully saturated rings. The Morgan fingerprint density at radius 1 is 1.22 bits per heavy atom. The van der Waals surface area contributed by atoms with Crippen molar-refractivity contribution in [2.45, 2.75) is 6.92 Å². The summed E-state index contributed by atoms with van der Waals surface area (Å²) < 4.78 is 1.44. The first-order valence-corrected chi connectivity index (χ1v) is 6.96. The fraction of sp³-hybridized carbons (Fsp3) is 0.0588. The van der Waals surface area contributed by atoms with E-state index in [0.29, 0.717) is 17.2 Å². The molecule has 0 saturated carbocycles. The highest BCUT2D eigenvalue weighted by molar-refractivity contribution is 6.04. The third kappa shape index (κ3) is 2.94. The Hall–Kier alpha value is -3.46. The summed E-state index contributed by atoms with van der Waals surface area (Å²) >= 11 is 0. The van der Waals surface area contributed by atoms with Gasteiger partial charge in [-0.05, 0) is 31.2 Å². The van der Waals surface area contributed by atoms with Crippen molar-refractivity contribution >= 4 is 11.7 Å². The number of pyridine rings is 1. The van der Waals surface area contributed by atoms with Crippen LogP contribution in [0.25, 0.3) is 5.82 Å². The number of aryl methyl sites for hydroxylation is 1. The highest BCUT2D eigenvalue weighted by atomic mass is 16.1. The number of rotatable bonds is 3. The third-order valence-corrected chi connectivity index (χ3v) is 3.30. The largest absolute Gasteiger partial charge is 0.305 e. The molecule has 1 N–H and O–H groups in total. The molecule has 6 nitrogen and oxygen atoms in total. The molecule has 2 aromatic heterocycles. The lowest BCUT2D eigenvalue weighted by molar-refractivity contribution is 0.102. The van der Waals surface area contributed by atoms with E-state index in [1.165, 1.54) is 10.9 Å². The van der Waals surface area contributed by atoms with Crippen LogP contribution in [0.5, 0.6) is 0 Å². The molecule has 0 bridgehead atoms. The van der Waals surface area contributed by atoms with E-state index in [1.807, 2.05) is 31.2 Å². The van der Waals surface area contributed by atoms with Crippen molar-refractivity contribution in [3.05, 3.63) is 71.5 Å². The molecule has 3 aromatic rings. The molecule has 2 heterocycles. The van der Waals surface area contributed by atoms with Gasteiger partial charge in [-0.25, -0.2) is 4.98 Å². The summed E-state index contributed by atoms with van der Waals surface area (Å²) in [6.45, 7) is 1.95. The van der Waals surface area contributed by atoms with Crippen molar-refractivity contribution in [3.63, 3.8) is 0 Å². The number of aromatic nitrogens is 3. The molecule has 0 saturated heterocycles. The van der Waals surface area contributed by atoms with Crippen LogP contribution in [-0.4, -0.2) is 20.7 Å². The Kier molecular flexibility index (Phi) is 3.85. The number of anilines is 1. The molecule has 1 aromatic carbocycles. The van der Waals surface area contributed by atoms with Crippen molar-refractivity contribution in [1.82, 2.24) is 14.8 Å². The average Bonchev–Trinajstić information content (AvgIpc) is 2.99. The van der Waals surface area contributed by atoms with E-state index in [9.17, 15) is 10.1 Å². The molecule has 6 heteroatoms. The lowest BCUT2D eigenvalue weighted by atomic mass is 10.1. The van der Waals surface area contributed by atoms with Gasteiger partial charge in [-0.1, -0.05) is 23.8 Å². The number of carbonyl (C=O) groups is 1. The molecule has 0 aliphatic heterocycles. The van der Waals surface area contributed by atoms with Gasteiger partial charge >= 0.3 is 0 Å². The van der Waals surface area contributed by atoms with Crippen LogP contribution in [0.2, 0.25) is 0 Å². The molecule has 0 atom stereocenters. The summed E-state index contributed by atoms with van der Waals surface area (Å²) in [6, 6.07) is 14.5. The van der Waals surface area contributed by atoms with Gasteiger partial charge in [-0.15, -0.1) is 0 Å². The molecule has 3 rings (SSSR count). The second kappa shape index (κ2) is 6.12. The zero-order chi connectivity index (χ0) is 16.2. The summed E-state index contributed by atoms with van der Waals surface area (Å²) in [5.74, 6) is 0.518. The monoisotopic (exact) mass is 303 g/mol. The van der Waals surface area contributed by atoms with Gasteiger partial charge in [-0.3, -0.25) is 4.79 Å². The Balaban J connectivity index is 1.96. The van der Waals surface area contributed by atoms with Crippen LogP contribution >= 0.6 is 0 Å². The zero-order valence-electron chi connectivity index (χ0n) is 12.4. The molecular weight excluding hydrogens is 290 g/mol. The third-order valence-electron chi connectivity index (χ3n) is 3.30. The fourth-order valence-corrected chi connectivity index (χ4v) is 2.09. The van der Waals surface area contributed by atoms with Crippen LogP contribution in [0.4, 0.5) is 5.82 Å². The van der Waals surface area contributed by atoms with E-state index >= 15 is 0 Å². The Bertz CT molecular complexity index is 876. The normalized spacial score (nSPS) is 10.1. The minimum atomic E-state index is -0.306. The van der Waals surface area contributed by atoms with E-state index in [0.717, 1.165) is 5.56 Å². The number of hydrogen-bond donors (Lipinski definition) is 1. The molecule has 1 amide bonds. The Labute approximate surface area is 133 Å². The summed E-state index contributed by atoms with van der Waals surface area (Å²) in [6.07, 6.45) is 3.02. The quantitative estimate of drug-likeness (QED) is 0.806. The van der Waals surface area contributed by atoms with Gasteiger partial charge in [0.1, 0.15) is 11.6 Å². The van der Waals surface area contributed by atoms with Crippen molar-refractivity contribution < 1.29 is 4.79 Å². The number of nitriles is 1. The SMILES string of the molecule is Cc1ccc(C(=O)Nc2c(C#N)cnn2-c2ccccn2)cc1. The summed E-state index contributed by atoms with van der Waals surface area (Å²) in [5.41, 5.74) is 1.85. The fourth-order valence-electron chi connectivity index (χ4n) is 2.09. The first kappa shape index (κ1) is 14.5. The van der Waals surface area contributed by atoms with Gasteiger partial charge in [0.05, 0.1) is 6.20 Å². The average molecular weight is 303 g/mol. The van der Waals surface area contributed by atoms with Crippen molar-refractivity contribution in [1.29, 1.82) is 5.26 Å². The van der Waals surface area contributed by atoms with E-state index in [1.54, 1.807) is 30.5 Å². The van der Waals surface area contributed by atoms with Crippen molar-refractivity contribution in [2.24, 2.45) is 0 Å². The lowest BCUT2D eigenvalue weighted by Gasteiger charge is -2.09. The van der Waals surface area contributed by atoms with Gasteiger partial charge in [0, 0.05) is 11.8 Å². The van der Waals surface area contributed by atoms with Crippen LogP contribution in [0.15, 0.2) is 54.9 Å². The molecule has 23 heavy (non-hydrogen) atoms. The topological polar surface area (TPSA) is 83.6 Å². The summed E-state index contributed by atoms with van der Waals surface area (Å²) in [4.78, 5) is 16.6. The van der Waals surface area contributed by atoms with E-state index < -0.39 is 0 Å². The van der Waals surface area contributed by atoms with Crippen LogP contribution < -0.4 is 5.32 Å². The zero-order valence-corrected chi connectivity index (χ0v) is 12.4. The standard InChI is InChI=1S/C17H13N5O/c1-12-5-7-13(8-6-12)17(23)21-16-14(10-18)11-20-22(16)15-4-2-3-9-19-15/h2-9,11H,1H3,(H,21,23). The minimum absolute atomic E-state index is 0.274. The number of nitrogens with zero attached hydrogens (tertiary/aromatic N) is 4. The van der Waals surface area contributed by atoms with Crippen LogP contribution in [-0.2, 0) is 0 Å². The van der Waals surface area contributed by atoms with Crippen LogP contribution in [0, 0.1) is 18.3 Å². The van der Waals surface area contributed by atoms with Crippen LogP contribution in [0.1, 0.15) is 21.5 Å². The smallest absolute Gasteiger partial charge is 0.256 e. The number of nitrogens with one attached hydrogen (secondary N) is 1. The molecular formula is C17H13N5O. The number of amides is 1. The lowest BCUT2D eigenvalue weighted by Crippen LogP contribution is -2.16. The van der Waals surface area contributed by atoms with Gasteiger partial charge < -0.3 is 5.32 Å². The predicted octanol–water partition coefficient (Wildman–Crippen LogP) is 2.70. The van der Waals surface area contributed by atoms with Gasteiger partial charge in [0.2, 0.25) is 0 Å². The highest BCUT2D eigenvalue weighted by Gasteiger charge is 2.16. The first-order valence-electron chi connectivity index (χ1n) is 6.96. The Morgan fingerprint density at radius 2 is 2.00 bits per heavy atom. The van der Waals surface area contributed by atoms with E-state index in [-0.39, 0.29) is 11.5 Å². The predicted molar refractivity (Wildman–Crippen MR) is 85.2 cm³/mol. The molecule has 0 aliphatic rings. The second-order valence-corrected chi connectivity index (χ2v) is 4.94. The van der Waals surface area contributed by atoms with Crippen molar-refractivity contribution in [3.8, 4) is 11.9 Å². The maximum atomic E-state index is 12.4. The van der Waals surface area contributed by atoms with Crippen molar-refractivity contribution in [2.75, 3.05) is 5.32 Å². The van der Waals surface area contributed by atoms with Gasteiger partial charge in [0.15, 0.2) is 11.6 Å². The number of benzene rings is 1. The molecule has 0 aliphatic carbocycles. The maximum Gasteiger partial charge on any atom is 0.256 e. The number of hydrogen-bond acceptors (Lipinski definition) is 4. The molecule has 112 valence electrons.